The molecule has 0 atom stereocenters. The molecule has 0 fully saturated rings. The highest BCUT2D eigenvalue weighted by atomic mass is 35.5. The lowest BCUT2D eigenvalue weighted by Gasteiger charge is -2.10. The molecule has 0 aliphatic carbocycles. The molecule has 0 aliphatic rings. The smallest absolute Gasteiger partial charge is 0.226 e. The summed E-state index contributed by atoms with van der Waals surface area (Å²) in [5, 5.41) is 8.42. The molecular formula is C26H26ClN3O. The number of hydrogen-bond donors (Lipinski definition) is 2. The van der Waals surface area contributed by atoms with Crippen LogP contribution in [0.15, 0.2) is 79.0 Å². The van der Waals surface area contributed by atoms with Crippen molar-refractivity contribution in [3.8, 4) is 0 Å². The zero-order valence-electron chi connectivity index (χ0n) is 17.7. The number of para-hydroxylation sites is 1. The predicted molar refractivity (Wildman–Crippen MR) is 130 cm³/mol. The van der Waals surface area contributed by atoms with E-state index in [1.165, 1.54) is 16.5 Å². The van der Waals surface area contributed by atoms with E-state index >= 15 is 0 Å². The molecule has 4 nitrogen and oxygen atoms in total. The van der Waals surface area contributed by atoms with Crippen LogP contribution < -0.4 is 10.6 Å². The SMILES string of the molecule is CC(C)C(=O)Nc1ccc(NCc2cn(Cc3ccccc3Cl)c3ccccc23)cc1. The summed E-state index contributed by atoms with van der Waals surface area (Å²) < 4.78 is 2.25. The number of rotatable bonds is 7. The van der Waals surface area contributed by atoms with Gasteiger partial charge in [-0.1, -0.05) is 61.8 Å². The van der Waals surface area contributed by atoms with Crippen LogP contribution in [0.3, 0.4) is 0 Å². The van der Waals surface area contributed by atoms with E-state index in [0.29, 0.717) is 6.54 Å². The lowest BCUT2D eigenvalue weighted by Crippen LogP contribution is -2.17. The summed E-state index contributed by atoms with van der Waals surface area (Å²) in [6, 6.07) is 24.2. The molecule has 5 heteroatoms. The minimum Gasteiger partial charge on any atom is -0.381 e. The Hall–Kier alpha value is -3.24. The molecule has 0 unspecified atom stereocenters. The molecule has 0 bridgehead atoms. The number of carbonyl (C=O) groups is 1. The number of carbonyl (C=O) groups excluding carboxylic acids is 1. The monoisotopic (exact) mass is 431 g/mol. The molecule has 0 spiro atoms. The quantitative estimate of drug-likeness (QED) is 0.348. The number of fused-ring (bicyclic) bond motifs is 1. The van der Waals surface area contributed by atoms with E-state index in [9.17, 15) is 4.79 Å². The van der Waals surface area contributed by atoms with Crippen LogP contribution in [-0.2, 0) is 17.9 Å². The summed E-state index contributed by atoms with van der Waals surface area (Å²) in [4.78, 5) is 11.8. The van der Waals surface area contributed by atoms with E-state index in [2.05, 4.69) is 51.7 Å². The Morgan fingerprint density at radius 2 is 1.58 bits per heavy atom. The maximum absolute atomic E-state index is 11.8. The van der Waals surface area contributed by atoms with Gasteiger partial charge >= 0.3 is 0 Å². The Bertz CT molecular complexity index is 1190. The third-order valence-corrected chi connectivity index (χ3v) is 5.70. The first-order chi connectivity index (χ1) is 15.0. The van der Waals surface area contributed by atoms with Crippen molar-refractivity contribution in [3.63, 3.8) is 0 Å². The van der Waals surface area contributed by atoms with Gasteiger partial charge in [0.05, 0.1) is 0 Å². The first kappa shape index (κ1) is 21.0. The van der Waals surface area contributed by atoms with Crippen molar-refractivity contribution in [2.45, 2.75) is 26.9 Å². The first-order valence-electron chi connectivity index (χ1n) is 10.5. The largest absolute Gasteiger partial charge is 0.381 e. The summed E-state index contributed by atoms with van der Waals surface area (Å²) in [6.07, 6.45) is 2.19. The topological polar surface area (TPSA) is 46.1 Å². The molecule has 0 saturated carbocycles. The van der Waals surface area contributed by atoms with Crippen molar-refractivity contribution in [1.82, 2.24) is 4.57 Å². The van der Waals surface area contributed by atoms with E-state index in [-0.39, 0.29) is 11.8 Å². The van der Waals surface area contributed by atoms with E-state index < -0.39 is 0 Å². The number of nitrogens with one attached hydrogen (secondary N) is 2. The summed E-state index contributed by atoms with van der Waals surface area (Å²) in [5.41, 5.74) is 5.32. The van der Waals surface area contributed by atoms with Crippen LogP contribution in [0.4, 0.5) is 11.4 Å². The normalized spacial score (nSPS) is 11.1. The van der Waals surface area contributed by atoms with Crippen molar-refractivity contribution in [2.24, 2.45) is 5.92 Å². The van der Waals surface area contributed by atoms with Gasteiger partial charge in [-0.2, -0.15) is 0 Å². The molecule has 0 aliphatic heterocycles. The van der Waals surface area contributed by atoms with Crippen molar-refractivity contribution in [2.75, 3.05) is 10.6 Å². The van der Waals surface area contributed by atoms with Gasteiger partial charge in [0.2, 0.25) is 5.91 Å². The van der Waals surface area contributed by atoms with E-state index in [1.807, 2.05) is 56.3 Å². The standard InChI is InChI=1S/C26H26ClN3O/c1-18(2)26(31)29-22-13-11-21(12-14-22)28-15-20-17-30(25-10-6-4-8-23(20)25)16-19-7-3-5-9-24(19)27/h3-14,17-18,28H,15-16H2,1-2H3,(H,29,31). The minimum absolute atomic E-state index is 0.0204. The molecule has 1 heterocycles. The molecule has 31 heavy (non-hydrogen) atoms. The molecule has 2 N–H and O–H groups in total. The third-order valence-electron chi connectivity index (χ3n) is 5.33. The van der Waals surface area contributed by atoms with Gasteiger partial charge in [-0.25, -0.2) is 0 Å². The average molecular weight is 432 g/mol. The first-order valence-corrected chi connectivity index (χ1v) is 10.8. The summed E-state index contributed by atoms with van der Waals surface area (Å²) in [7, 11) is 0. The summed E-state index contributed by atoms with van der Waals surface area (Å²) >= 11 is 6.38. The maximum atomic E-state index is 11.8. The van der Waals surface area contributed by atoms with E-state index in [4.69, 9.17) is 11.6 Å². The highest BCUT2D eigenvalue weighted by Gasteiger charge is 2.10. The van der Waals surface area contributed by atoms with Gasteiger partial charge in [-0.3, -0.25) is 4.79 Å². The van der Waals surface area contributed by atoms with Crippen LogP contribution >= 0.6 is 11.6 Å². The van der Waals surface area contributed by atoms with Crippen LogP contribution in [0, 0.1) is 5.92 Å². The predicted octanol–water partition coefficient (Wildman–Crippen LogP) is 6.55. The van der Waals surface area contributed by atoms with Gasteiger partial charge in [-0.15, -0.1) is 0 Å². The van der Waals surface area contributed by atoms with Gasteiger partial charge in [0.15, 0.2) is 0 Å². The Balaban J connectivity index is 1.50. The molecule has 4 rings (SSSR count). The second kappa shape index (κ2) is 9.27. The maximum Gasteiger partial charge on any atom is 0.226 e. The van der Waals surface area contributed by atoms with Crippen molar-refractivity contribution in [3.05, 3.63) is 95.1 Å². The van der Waals surface area contributed by atoms with Gasteiger partial charge in [-0.05, 0) is 47.5 Å². The Morgan fingerprint density at radius 1 is 0.903 bits per heavy atom. The Morgan fingerprint density at radius 3 is 2.32 bits per heavy atom. The van der Waals surface area contributed by atoms with Crippen LogP contribution in [0.1, 0.15) is 25.0 Å². The average Bonchev–Trinajstić information content (AvgIpc) is 3.12. The summed E-state index contributed by atoms with van der Waals surface area (Å²) in [5.74, 6) is -0.0204. The summed E-state index contributed by atoms with van der Waals surface area (Å²) in [6.45, 7) is 5.19. The molecule has 1 aromatic heterocycles. The Labute approximate surface area is 187 Å². The molecular weight excluding hydrogens is 406 g/mol. The zero-order valence-corrected chi connectivity index (χ0v) is 18.5. The van der Waals surface area contributed by atoms with Gasteiger partial charge < -0.3 is 15.2 Å². The fourth-order valence-corrected chi connectivity index (χ4v) is 3.76. The lowest BCUT2D eigenvalue weighted by atomic mass is 10.1. The van der Waals surface area contributed by atoms with Crippen molar-refractivity contribution in [1.29, 1.82) is 0 Å². The highest BCUT2D eigenvalue weighted by molar-refractivity contribution is 6.31. The Kier molecular flexibility index (Phi) is 6.28. The van der Waals surface area contributed by atoms with Crippen LogP contribution in [0.25, 0.3) is 10.9 Å². The third kappa shape index (κ3) is 4.92. The van der Waals surface area contributed by atoms with Crippen LogP contribution in [-0.4, -0.2) is 10.5 Å². The molecule has 1 amide bonds. The second-order valence-electron chi connectivity index (χ2n) is 7.97. The minimum atomic E-state index is -0.0408. The second-order valence-corrected chi connectivity index (χ2v) is 8.37. The zero-order chi connectivity index (χ0) is 21.8. The fraction of sp³-hybridized carbons (Fsp3) is 0.192. The molecule has 0 saturated heterocycles. The number of benzene rings is 3. The van der Waals surface area contributed by atoms with E-state index in [1.54, 1.807) is 0 Å². The van der Waals surface area contributed by atoms with Crippen molar-refractivity contribution < 1.29 is 4.79 Å². The molecule has 158 valence electrons. The van der Waals surface area contributed by atoms with Crippen molar-refractivity contribution >= 4 is 39.8 Å². The number of hydrogen-bond acceptors (Lipinski definition) is 2. The lowest BCUT2D eigenvalue weighted by molar-refractivity contribution is -0.118. The molecule has 4 aromatic rings. The molecule has 0 radical (unpaired) electrons. The highest BCUT2D eigenvalue weighted by Crippen LogP contribution is 2.25. The van der Waals surface area contributed by atoms with E-state index in [0.717, 1.165) is 28.5 Å². The number of halogens is 1. The van der Waals surface area contributed by atoms with Gasteiger partial charge in [0.25, 0.3) is 0 Å². The van der Waals surface area contributed by atoms with Gasteiger partial charge in [0, 0.05) is 52.5 Å². The molecule has 3 aromatic carbocycles. The number of amides is 1. The number of anilines is 2. The fourth-order valence-electron chi connectivity index (χ4n) is 3.56. The van der Waals surface area contributed by atoms with Gasteiger partial charge in [0.1, 0.15) is 0 Å². The van der Waals surface area contributed by atoms with Crippen LogP contribution in [0.2, 0.25) is 5.02 Å². The van der Waals surface area contributed by atoms with Crippen LogP contribution in [0.5, 0.6) is 0 Å². The number of aromatic nitrogens is 1. The number of nitrogens with zero attached hydrogens (tertiary/aromatic N) is 1.